The first-order chi connectivity index (χ1) is 12.6. The first kappa shape index (κ1) is 18.4. The number of nitrogens with one attached hydrogen (secondary N) is 1. The lowest BCUT2D eigenvalue weighted by atomic mass is 9.82. The van der Waals surface area contributed by atoms with E-state index in [9.17, 15) is 13.6 Å². The summed E-state index contributed by atoms with van der Waals surface area (Å²) in [4.78, 5) is 12.3. The molecule has 0 unspecified atom stereocenters. The minimum Gasteiger partial charge on any atom is -0.435 e. The fourth-order valence-electron chi connectivity index (χ4n) is 3.59. The van der Waals surface area contributed by atoms with E-state index < -0.39 is 6.61 Å². The summed E-state index contributed by atoms with van der Waals surface area (Å²) in [6.45, 7) is -2.86. The number of hydrogen-bond donors (Lipinski definition) is 1. The Morgan fingerprint density at radius 2 is 1.77 bits per heavy atom. The summed E-state index contributed by atoms with van der Waals surface area (Å²) in [6.07, 6.45) is 4.21. The molecule has 0 saturated heterocycles. The van der Waals surface area contributed by atoms with Crippen LogP contribution in [-0.4, -0.2) is 18.6 Å². The van der Waals surface area contributed by atoms with Crippen LogP contribution in [0.5, 0.6) is 5.75 Å². The van der Waals surface area contributed by atoms with Crippen molar-refractivity contribution in [1.29, 1.82) is 0 Å². The molecule has 138 valence electrons. The number of ether oxygens (including phenoxy) is 1. The highest BCUT2D eigenvalue weighted by molar-refractivity contribution is 5.79. The molecule has 26 heavy (non-hydrogen) atoms. The molecule has 0 aromatic heterocycles. The number of alkyl halides is 2. The summed E-state index contributed by atoms with van der Waals surface area (Å²) in [7, 11) is 0. The summed E-state index contributed by atoms with van der Waals surface area (Å²) in [5.41, 5.74) is 2.03. The standard InChI is InChI=1S/C21H23F2NO2/c22-21(23)26-19-8-4-5-15(13-19)14-20(25)24-18-11-9-17(10-12-18)16-6-2-1-3-7-16/h1-8,13,17-18,21H,9-12,14H2,(H,24,25). The molecule has 5 heteroatoms. The van der Waals surface area contributed by atoms with Crippen LogP contribution in [0, 0.1) is 0 Å². The molecule has 1 aliphatic carbocycles. The van der Waals surface area contributed by atoms with E-state index in [1.165, 1.54) is 17.7 Å². The number of carbonyl (C=O) groups excluding carboxylic acids is 1. The average Bonchev–Trinajstić information content (AvgIpc) is 2.63. The SMILES string of the molecule is O=C(Cc1cccc(OC(F)F)c1)NC1CCC(c2ccccc2)CC1. The molecule has 1 N–H and O–H groups in total. The predicted octanol–water partition coefficient (Wildman–Crippen LogP) is 4.67. The van der Waals surface area contributed by atoms with Crippen LogP contribution in [0.2, 0.25) is 0 Å². The van der Waals surface area contributed by atoms with Gasteiger partial charge in [-0.05, 0) is 54.9 Å². The molecule has 0 bridgehead atoms. The molecular formula is C21H23F2NO2. The quantitative estimate of drug-likeness (QED) is 0.814. The summed E-state index contributed by atoms with van der Waals surface area (Å²) >= 11 is 0. The Morgan fingerprint density at radius 1 is 1.04 bits per heavy atom. The van der Waals surface area contributed by atoms with Crippen molar-refractivity contribution in [3.63, 3.8) is 0 Å². The number of benzene rings is 2. The third kappa shape index (κ3) is 5.28. The molecule has 2 aromatic carbocycles. The average molecular weight is 359 g/mol. The highest BCUT2D eigenvalue weighted by atomic mass is 19.3. The normalized spacial score (nSPS) is 20.0. The molecule has 0 atom stereocenters. The fourth-order valence-corrected chi connectivity index (χ4v) is 3.59. The number of amides is 1. The monoisotopic (exact) mass is 359 g/mol. The number of halogens is 2. The van der Waals surface area contributed by atoms with E-state index in [0.717, 1.165) is 25.7 Å². The zero-order valence-electron chi connectivity index (χ0n) is 14.5. The second kappa shape index (κ2) is 8.79. The molecular weight excluding hydrogens is 336 g/mol. The molecule has 0 aliphatic heterocycles. The minimum absolute atomic E-state index is 0.0775. The van der Waals surface area contributed by atoms with Gasteiger partial charge in [0, 0.05) is 6.04 Å². The molecule has 0 radical (unpaired) electrons. The maximum Gasteiger partial charge on any atom is 0.387 e. The van der Waals surface area contributed by atoms with E-state index in [-0.39, 0.29) is 24.1 Å². The topological polar surface area (TPSA) is 38.3 Å². The third-order valence-corrected chi connectivity index (χ3v) is 4.85. The van der Waals surface area contributed by atoms with Crippen LogP contribution in [-0.2, 0) is 11.2 Å². The summed E-state index contributed by atoms with van der Waals surface area (Å²) < 4.78 is 28.9. The Morgan fingerprint density at radius 3 is 2.46 bits per heavy atom. The van der Waals surface area contributed by atoms with Crippen molar-refractivity contribution < 1.29 is 18.3 Å². The molecule has 3 rings (SSSR count). The first-order valence-corrected chi connectivity index (χ1v) is 8.98. The van der Waals surface area contributed by atoms with Gasteiger partial charge in [0.15, 0.2) is 0 Å². The van der Waals surface area contributed by atoms with Crippen LogP contribution in [0.15, 0.2) is 54.6 Å². The predicted molar refractivity (Wildman–Crippen MR) is 96.4 cm³/mol. The first-order valence-electron chi connectivity index (χ1n) is 8.98. The van der Waals surface area contributed by atoms with Gasteiger partial charge in [0.1, 0.15) is 5.75 Å². The molecule has 3 nitrogen and oxygen atoms in total. The second-order valence-electron chi connectivity index (χ2n) is 6.73. The van der Waals surface area contributed by atoms with Gasteiger partial charge in [-0.15, -0.1) is 0 Å². The van der Waals surface area contributed by atoms with Gasteiger partial charge in [0.05, 0.1) is 6.42 Å². The van der Waals surface area contributed by atoms with Crippen molar-refractivity contribution in [2.24, 2.45) is 0 Å². The Bertz CT molecular complexity index is 713. The fraction of sp³-hybridized carbons (Fsp3) is 0.381. The highest BCUT2D eigenvalue weighted by Gasteiger charge is 2.23. The Balaban J connectivity index is 1.47. The molecule has 1 fully saturated rings. The molecule has 2 aromatic rings. The summed E-state index contributed by atoms with van der Waals surface area (Å²) in [5.74, 6) is 0.559. The van der Waals surface area contributed by atoms with Crippen molar-refractivity contribution in [2.45, 2.75) is 50.7 Å². The maximum absolute atomic E-state index is 12.3. The molecule has 1 amide bonds. The van der Waals surface area contributed by atoms with E-state index in [0.29, 0.717) is 11.5 Å². The second-order valence-corrected chi connectivity index (χ2v) is 6.73. The highest BCUT2D eigenvalue weighted by Crippen LogP contribution is 2.32. The van der Waals surface area contributed by atoms with Gasteiger partial charge in [0.2, 0.25) is 5.91 Å². The van der Waals surface area contributed by atoms with Gasteiger partial charge in [-0.25, -0.2) is 0 Å². The van der Waals surface area contributed by atoms with Crippen LogP contribution >= 0.6 is 0 Å². The van der Waals surface area contributed by atoms with E-state index in [2.05, 4.69) is 34.3 Å². The van der Waals surface area contributed by atoms with Gasteiger partial charge in [-0.2, -0.15) is 8.78 Å². The maximum atomic E-state index is 12.3. The van der Waals surface area contributed by atoms with Crippen molar-refractivity contribution in [3.05, 3.63) is 65.7 Å². The summed E-state index contributed by atoms with van der Waals surface area (Å²) in [5, 5.41) is 3.07. The lowest BCUT2D eigenvalue weighted by molar-refractivity contribution is -0.121. The van der Waals surface area contributed by atoms with Gasteiger partial charge in [0.25, 0.3) is 0 Å². The number of hydrogen-bond acceptors (Lipinski definition) is 2. The lowest BCUT2D eigenvalue weighted by Crippen LogP contribution is -2.38. The molecule has 1 saturated carbocycles. The van der Waals surface area contributed by atoms with E-state index in [1.807, 2.05) is 6.07 Å². The third-order valence-electron chi connectivity index (χ3n) is 4.85. The Hall–Kier alpha value is -2.43. The smallest absolute Gasteiger partial charge is 0.387 e. The van der Waals surface area contributed by atoms with Gasteiger partial charge in [-0.1, -0.05) is 42.5 Å². The number of carbonyl (C=O) groups is 1. The number of rotatable bonds is 6. The van der Waals surface area contributed by atoms with Crippen LogP contribution in [0.4, 0.5) is 8.78 Å². The largest absolute Gasteiger partial charge is 0.435 e. The van der Waals surface area contributed by atoms with Crippen molar-refractivity contribution in [1.82, 2.24) is 5.32 Å². The van der Waals surface area contributed by atoms with Crippen LogP contribution in [0.3, 0.4) is 0 Å². The van der Waals surface area contributed by atoms with Crippen molar-refractivity contribution in [2.75, 3.05) is 0 Å². The van der Waals surface area contributed by atoms with Gasteiger partial charge < -0.3 is 10.1 Å². The van der Waals surface area contributed by atoms with Crippen LogP contribution in [0.25, 0.3) is 0 Å². The van der Waals surface area contributed by atoms with E-state index in [4.69, 9.17) is 0 Å². The van der Waals surface area contributed by atoms with Crippen LogP contribution in [0.1, 0.15) is 42.7 Å². The Kier molecular flexibility index (Phi) is 6.21. The van der Waals surface area contributed by atoms with Crippen LogP contribution < -0.4 is 10.1 Å². The van der Waals surface area contributed by atoms with Crippen molar-refractivity contribution in [3.8, 4) is 5.75 Å². The molecule has 1 aliphatic rings. The zero-order chi connectivity index (χ0) is 18.4. The summed E-state index contributed by atoms with van der Waals surface area (Å²) in [6, 6.07) is 17.0. The van der Waals surface area contributed by atoms with Crippen molar-refractivity contribution >= 4 is 5.91 Å². The zero-order valence-corrected chi connectivity index (χ0v) is 14.5. The minimum atomic E-state index is -2.86. The van der Waals surface area contributed by atoms with E-state index in [1.54, 1.807) is 12.1 Å². The van der Waals surface area contributed by atoms with Gasteiger partial charge >= 0.3 is 6.61 Å². The Labute approximate surface area is 152 Å². The molecule has 0 heterocycles. The van der Waals surface area contributed by atoms with Gasteiger partial charge in [-0.3, -0.25) is 4.79 Å². The van der Waals surface area contributed by atoms with E-state index >= 15 is 0 Å². The lowest BCUT2D eigenvalue weighted by Gasteiger charge is -2.29. The molecule has 0 spiro atoms.